The van der Waals surface area contributed by atoms with E-state index < -0.39 is 0 Å². The van der Waals surface area contributed by atoms with E-state index in [2.05, 4.69) is 24.4 Å². The Bertz CT molecular complexity index is 562. The minimum Gasteiger partial charge on any atom is -0.494 e. The van der Waals surface area contributed by atoms with Crippen LogP contribution < -0.4 is 10.1 Å². The zero-order chi connectivity index (χ0) is 16.9. The van der Waals surface area contributed by atoms with Crippen LogP contribution >= 0.6 is 0 Å². The fourth-order valence-corrected chi connectivity index (χ4v) is 3.58. The van der Waals surface area contributed by atoms with Gasteiger partial charge in [0.25, 0.3) is 0 Å². The summed E-state index contributed by atoms with van der Waals surface area (Å²) in [4.78, 5) is 14.4. The molecule has 5 nitrogen and oxygen atoms in total. The predicted octanol–water partition coefficient (Wildman–Crippen LogP) is 1.92. The lowest BCUT2D eigenvalue weighted by molar-refractivity contribution is -0.130. The molecule has 0 aliphatic carbocycles. The first kappa shape index (κ1) is 17.2. The Balaban J connectivity index is 1.44. The molecular weight excluding hydrogens is 304 g/mol. The Morgan fingerprint density at radius 1 is 1.42 bits per heavy atom. The van der Waals surface area contributed by atoms with Crippen molar-refractivity contribution in [3.05, 3.63) is 29.3 Å². The van der Waals surface area contributed by atoms with Gasteiger partial charge in [-0.2, -0.15) is 0 Å². The Morgan fingerprint density at radius 3 is 3.04 bits per heavy atom. The summed E-state index contributed by atoms with van der Waals surface area (Å²) >= 11 is 0. The van der Waals surface area contributed by atoms with Crippen molar-refractivity contribution in [1.82, 2.24) is 10.2 Å². The van der Waals surface area contributed by atoms with Crippen LogP contribution in [-0.2, 0) is 16.0 Å². The summed E-state index contributed by atoms with van der Waals surface area (Å²) in [5, 5.41) is 3.44. The average molecular weight is 332 g/mol. The molecule has 0 aromatic heterocycles. The molecule has 2 saturated heterocycles. The fourth-order valence-electron chi connectivity index (χ4n) is 3.58. The van der Waals surface area contributed by atoms with E-state index in [9.17, 15) is 4.79 Å². The maximum absolute atomic E-state index is 12.4. The highest BCUT2D eigenvalue weighted by Gasteiger charge is 2.37. The van der Waals surface area contributed by atoms with Crippen molar-refractivity contribution >= 4 is 5.91 Å². The molecule has 0 spiro atoms. The summed E-state index contributed by atoms with van der Waals surface area (Å²) < 4.78 is 11.3. The average Bonchev–Trinajstić information content (AvgIpc) is 3.01. The third-order valence-electron chi connectivity index (χ3n) is 4.85. The van der Waals surface area contributed by atoms with Crippen molar-refractivity contribution in [2.24, 2.45) is 0 Å². The van der Waals surface area contributed by atoms with Crippen molar-refractivity contribution in [2.75, 3.05) is 32.8 Å². The summed E-state index contributed by atoms with van der Waals surface area (Å²) in [5.41, 5.74) is 2.43. The van der Waals surface area contributed by atoms with Crippen molar-refractivity contribution in [3.63, 3.8) is 0 Å². The molecule has 0 saturated carbocycles. The van der Waals surface area contributed by atoms with Gasteiger partial charge in [-0.15, -0.1) is 0 Å². The predicted molar refractivity (Wildman–Crippen MR) is 93.4 cm³/mol. The van der Waals surface area contributed by atoms with Crippen LogP contribution in [-0.4, -0.2) is 55.8 Å². The molecule has 1 amide bonds. The summed E-state index contributed by atoms with van der Waals surface area (Å²) in [6.45, 7) is 7.91. The molecule has 1 N–H and O–H groups in total. The lowest BCUT2D eigenvalue weighted by Gasteiger charge is -2.25. The second-order valence-corrected chi connectivity index (χ2v) is 6.65. The van der Waals surface area contributed by atoms with Crippen LogP contribution in [0.15, 0.2) is 18.2 Å². The molecule has 1 aromatic rings. The molecule has 3 rings (SSSR count). The Kier molecular flexibility index (Phi) is 5.74. The highest BCUT2D eigenvalue weighted by Crippen LogP contribution is 2.21. The van der Waals surface area contributed by atoms with E-state index in [1.54, 1.807) is 0 Å². The molecule has 2 aliphatic rings. The van der Waals surface area contributed by atoms with Crippen molar-refractivity contribution in [2.45, 2.75) is 45.3 Å². The summed E-state index contributed by atoms with van der Waals surface area (Å²) in [6, 6.07) is 6.61. The molecule has 2 aliphatic heterocycles. The van der Waals surface area contributed by atoms with Crippen LogP contribution in [0.25, 0.3) is 0 Å². The molecule has 0 unspecified atom stereocenters. The largest absolute Gasteiger partial charge is 0.494 e. The number of rotatable bonds is 6. The number of carbonyl (C=O) groups is 1. The number of ether oxygens (including phenoxy) is 2. The van der Waals surface area contributed by atoms with Crippen molar-refractivity contribution in [1.29, 1.82) is 0 Å². The van der Waals surface area contributed by atoms with Crippen LogP contribution in [0, 0.1) is 6.92 Å². The lowest BCUT2D eigenvalue weighted by Crippen LogP contribution is -2.47. The van der Waals surface area contributed by atoms with Gasteiger partial charge in [0.2, 0.25) is 5.91 Å². The second-order valence-electron chi connectivity index (χ2n) is 6.65. The normalized spacial score (nSPS) is 23.2. The van der Waals surface area contributed by atoms with Gasteiger partial charge in [-0.3, -0.25) is 4.79 Å². The number of nitrogens with zero attached hydrogens (tertiary/aromatic N) is 1. The number of morpholine rings is 1. The van der Waals surface area contributed by atoms with Gasteiger partial charge in [0, 0.05) is 26.1 Å². The van der Waals surface area contributed by atoms with E-state index in [-0.39, 0.29) is 12.0 Å². The molecule has 2 fully saturated rings. The number of hydrogen-bond acceptors (Lipinski definition) is 4. The first-order valence-corrected chi connectivity index (χ1v) is 9.02. The third kappa shape index (κ3) is 4.08. The van der Waals surface area contributed by atoms with Gasteiger partial charge in [0.05, 0.1) is 25.4 Å². The number of benzene rings is 1. The minimum atomic E-state index is 0.177. The van der Waals surface area contributed by atoms with Gasteiger partial charge in [-0.1, -0.05) is 12.1 Å². The van der Waals surface area contributed by atoms with Crippen molar-refractivity contribution in [3.8, 4) is 5.75 Å². The molecule has 2 atom stereocenters. The topological polar surface area (TPSA) is 50.8 Å². The zero-order valence-corrected chi connectivity index (χ0v) is 14.7. The van der Waals surface area contributed by atoms with Gasteiger partial charge in [-0.25, -0.2) is 0 Å². The van der Waals surface area contributed by atoms with Gasteiger partial charge >= 0.3 is 0 Å². The summed E-state index contributed by atoms with van der Waals surface area (Å²) in [6.07, 6.45) is 2.59. The Labute approximate surface area is 144 Å². The standard InChI is InChI=1S/C19H28N2O3/c1-3-23-17-8-7-15(11-14(17)2)5-4-6-19(22)21-12-16-18(13-21)24-10-9-20-16/h7-8,11,16,18,20H,3-6,9-10,12-13H2,1-2H3/t16-,18-/m0/s1. The molecule has 0 bridgehead atoms. The minimum absolute atomic E-state index is 0.177. The molecule has 132 valence electrons. The molecule has 2 heterocycles. The van der Waals surface area contributed by atoms with E-state index in [1.165, 1.54) is 5.56 Å². The number of hydrogen-bond donors (Lipinski definition) is 1. The zero-order valence-electron chi connectivity index (χ0n) is 14.7. The molecule has 1 aromatic carbocycles. The molecule has 5 heteroatoms. The van der Waals surface area contributed by atoms with Gasteiger partial charge in [0.1, 0.15) is 5.75 Å². The van der Waals surface area contributed by atoms with Crippen LogP contribution in [0.5, 0.6) is 5.75 Å². The monoisotopic (exact) mass is 332 g/mol. The Hall–Kier alpha value is -1.59. The number of nitrogens with one attached hydrogen (secondary N) is 1. The maximum Gasteiger partial charge on any atom is 0.222 e. The van der Waals surface area contributed by atoms with Crippen LogP contribution in [0.1, 0.15) is 30.9 Å². The summed E-state index contributed by atoms with van der Waals surface area (Å²) in [7, 11) is 0. The Morgan fingerprint density at radius 2 is 2.29 bits per heavy atom. The number of likely N-dealkylation sites (tertiary alicyclic amines) is 1. The highest BCUT2D eigenvalue weighted by molar-refractivity contribution is 5.76. The van der Waals surface area contributed by atoms with Gasteiger partial charge in [0.15, 0.2) is 0 Å². The first-order valence-electron chi connectivity index (χ1n) is 9.02. The van der Waals surface area contributed by atoms with Crippen LogP contribution in [0.2, 0.25) is 0 Å². The molecule has 24 heavy (non-hydrogen) atoms. The fraction of sp³-hybridized carbons (Fsp3) is 0.632. The second kappa shape index (κ2) is 7.99. The number of carbonyl (C=O) groups excluding carboxylic acids is 1. The van der Waals surface area contributed by atoms with Crippen molar-refractivity contribution < 1.29 is 14.3 Å². The maximum atomic E-state index is 12.4. The van der Waals surface area contributed by atoms with E-state index in [1.807, 2.05) is 17.9 Å². The molecule has 0 radical (unpaired) electrons. The van der Waals surface area contributed by atoms with E-state index >= 15 is 0 Å². The summed E-state index contributed by atoms with van der Waals surface area (Å²) in [5.74, 6) is 1.20. The number of fused-ring (bicyclic) bond motifs is 1. The smallest absolute Gasteiger partial charge is 0.222 e. The molecular formula is C19H28N2O3. The SMILES string of the molecule is CCOc1ccc(CCCC(=O)N2C[C@@H]3NCCO[C@H]3C2)cc1C. The lowest BCUT2D eigenvalue weighted by atomic mass is 10.0. The number of aryl methyl sites for hydroxylation is 2. The van der Waals surface area contributed by atoms with Crippen LogP contribution in [0.3, 0.4) is 0 Å². The highest BCUT2D eigenvalue weighted by atomic mass is 16.5. The number of amides is 1. The van der Waals surface area contributed by atoms with Crippen LogP contribution in [0.4, 0.5) is 0 Å². The van der Waals surface area contributed by atoms with E-state index in [0.29, 0.717) is 19.1 Å². The quantitative estimate of drug-likeness (QED) is 0.865. The van der Waals surface area contributed by atoms with Gasteiger partial charge < -0.3 is 19.7 Å². The first-order chi connectivity index (χ1) is 11.7. The van der Waals surface area contributed by atoms with E-state index in [4.69, 9.17) is 9.47 Å². The third-order valence-corrected chi connectivity index (χ3v) is 4.85. The van der Waals surface area contributed by atoms with E-state index in [0.717, 1.165) is 50.4 Å². The van der Waals surface area contributed by atoms with Gasteiger partial charge in [-0.05, 0) is 43.9 Å².